The summed E-state index contributed by atoms with van der Waals surface area (Å²) >= 11 is 0. The van der Waals surface area contributed by atoms with Gasteiger partial charge in [-0.3, -0.25) is 15.0 Å². The third-order valence-electron chi connectivity index (χ3n) is 6.72. The number of hydrazine groups is 1. The zero-order chi connectivity index (χ0) is 23.1. The lowest BCUT2D eigenvalue weighted by Gasteiger charge is -2.34. The van der Waals surface area contributed by atoms with Gasteiger partial charge in [0.25, 0.3) is 5.91 Å². The van der Waals surface area contributed by atoms with E-state index in [0.29, 0.717) is 31.6 Å². The number of hydrogen-bond donors (Lipinski definition) is 2. The summed E-state index contributed by atoms with van der Waals surface area (Å²) in [6, 6.07) is 3.85. The molecule has 1 saturated carbocycles. The first-order valence-electron chi connectivity index (χ1n) is 10.9. The lowest BCUT2D eigenvalue weighted by Crippen LogP contribution is -2.54. The van der Waals surface area contributed by atoms with Gasteiger partial charge in [-0.1, -0.05) is 6.92 Å². The maximum absolute atomic E-state index is 13.2. The number of carbonyl (C=O) groups is 3. The normalized spacial score (nSPS) is 29.2. The predicted molar refractivity (Wildman–Crippen MR) is 112 cm³/mol. The molecule has 2 saturated heterocycles. The van der Waals surface area contributed by atoms with E-state index in [9.17, 15) is 27.2 Å². The molecule has 4 amide bonds. The van der Waals surface area contributed by atoms with E-state index in [1.807, 2.05) is 0 Å². The number of piperidine rings is 1. The first-order chi connectivity index (χ1) is 15.1. The summed E-state index contributed by atoms with van der Waals surface area (Å²) in [4.78, 5) is 38.2. The van der Waals surface area contributed by atoms with Gasteiger partial charge in [0, 0.05) is 13.1 Å². The molecule has 1 atom stereocenters. The van der Waals surface area contributed by atoms with E-state index in [1.165, 1.54) is 16.4 Å². The van der Waals surface area contributed by atoms with Gasteiger partial charge in [-0.25, -0.2) is 17.6 Å². The molecule has 2 aliphatic heterocycles. The minimum atomic E-state index is -3.89. The Bertz CT molecular complexity index is 1020. The molecule has 9 nitrogen and oxygen atoms in total. The number of imide groups is 1. The quantitative estimate of drug-likeness (QED) is 0.656. The molecule has 2 heterocycles. The average Bonchev–Trinajstić information content (AvgIpc) is 3.00. The Kier molecular flexibility index (Phi) is 5.97. The third-order valence-corrected chi connectivity index (χ3v) is 8.60. The van der Waals surface area contributed by atoms with E-state index in [-0.39, 0.29) is 18.0 Å². The molecule has 3 fully saturated rings. The Morgan fingerprint density at radius 3 is 2.47 bits per heavy atom. The fraction of sp³-hybridized carbons (Fsp3) is 0.571. The SMILES string of the molecule is CC1CCC2(CC1)NC(=O)N(NC(=O)C1CCCN(S(=O)(=O)c3ccc(F)cc3)C1)C2=O. The Morgan fingerprint density at radius 2 is 1.81 bits per heavy atom. The van der Waals surface area contributed by atoms with Crippen LogP contribution in [0, 0.1) is 17.7 Å². The van der Waals surface area contributed by atoms with Gasteiger partial charge in [0.2, 0.25) is 15.9 Å². The number of benzene rings is 1. The Balaban J connectivity index is 1.43. The first-order valence-corrected chi connectivity index (χ1v) is 12.3. The van der Waals surface area contributed by atoms with E-state index < -0.39 is 45.1 Å². The second-order valence-electron chi connectivity index (χ2n) is 8.97. The van der Waals surface area contributed by atoms with Crippen molar-refractivity contribution in [2.24, 2.45) is 11.8 Å². The lowest BCUT2D eigenvalue weighted by molar-refractivity contribution is -0.142. The summed E-state index contributed by atoms with van der Waals surface area (Å²) in [7, 11) is -3.89. The van der Waals surface area contributed by atoms with Crippen molar-refractivity contribution in [2.45, 2.75) is 55.9 Å². The molecule has 2 N–H and O–H groups in total. The lowest BCUT2D eigenvalue weighted by atomic mass is 9.77. The van der Waals surface area contributed by atoms with Gasteiger partial charge in [0.15, 0.2) is 0 Å². The number of amides is 4. The summed E-state index contributed by atoms with van der Waals surface area (Å²) < 4.78 is 40.1. The Morgan fingerprint density at radius 1 is 1.16 bits per heavy atom. The highest BCUT2D eigenvalue weighted by atomic mass is 32.2. The molecule has 32 heavy (non-hydrogen) atoms. The smallest absolute Gasteiger partial charge is 0.322 e. The zero-order valence-corrected chi connectivity index (χ0v) is 18.7. The van der Waals surface area contributed by atoms with Crippen LogP contribution in [0.1, 0.15) is 45.4 Å². The third kappa shape index (κ3) is 4.11. The second-order valence-corrected chi connectivity index (χ2v) is 10.9. The van der Waals surface area contributed by atoms with E-state index in [4.69, 9.17) is 0 Å². The molecule has 11 heteroatoms. The average molecular weight is 467 g/mol. The number of rotatable bonds is 4. The monoisotopic (exact) mass is 466 g/mol. The van der Waals surface area contributed by atoms with E-state index in [0.717, 1.165) is 30.0 Å². The van der Waals surface area contributed by atoms with Gasteiger partial charge in [-0.05, 0) is 68.7 Å². The van der Waals surface area contributed by atoms with E-state index >= 15 is 0 Å². The number of halogens is 1. The van der Waals surface area contributed by atoms with Crippen molar-refractivity contribution < 1.29 is 27.2 Å². The van der Waals surface area contributed by atoms with Crippen LogP contribution in [0.4, 0.5) is 9.18 Å². The maximum atomic E-state index is 13.2. The van der Waals surface area contributed by atoms with Crippen molar-refractivity contribution in [3.05, 3.63) is 30.1 Å². The molecule has 0 aromatic heterocycles. The molecule has 1 aromatic rings. The van der Waals surface area contributed by atoms with Crippen molar-refractivity contribution in [2.75, 3.05) is 13.1 Å². The molecule has 0 radical (unpaired) electrons. The predicted octanol–water partition coefficient (Wildman–Crippen LogP) is 1.76. The van der Waals surface area contributed by atoms with Crippen LogP contribution in [-0.2, 0) is 19.6 Å². The molecule has 4 rings (SSSR count). The van der Waals surface area contributed by atoms with Crippen molar-refractivity contribution in [1.82, 2.24) is 20.1 Å². The molecular weight excluding hydrogens is 439 g/mol. The van der Waals surface area contributed by atoms with Gasteiger partial charge in [-0.2, -0.15) is 9.31 Å². The highest BCUT2D eigenvalue weighted by Gasteiger charge is 2.53. The van der Waals surface area contributed by atoms with Gasteiger partial charge in [-0.15, -0.1) is 0 Å². The molecular formula is C21H27FN4O5S. The van der Waals surface area contributed by atoms with E-state index in [2.05, 4.69) is 17.7 Å². The Hall–Kier alpha value is -2.53. The highest BCUT2D eigenvalue weighted by Crippen LogP contribution is 2.36. The van der Waals surface area contributed by atoms with Crippen LogP contribution in [0.25, 0.3) is 0 Å². The zero-order valence-electron chi connectivity index (χ0n) is 17.8. The summed E-state index contributed by atoms with van der Waals surface area (Å²) in [6.45, 7) is 2.24. The number of carbonyl (C=O) groups excluding carboxylic acids is 3. The highest BCUT2D eigenvalue weighted by molar-refractivity contribution is 7.89. The fourth-order valence-corrected chi connectivity index (χ4v) is 6.17. The molecule has 3 aliphatic rings. The summed E-state index contributed by atoms with van der Waals surface area (Å²) in [5, 5.41) is 3.48. The van der Waals surface area contributed by atoms with Gasteiger partial charge < -0.3 is 5.32 Å². The Labute approximate surface area is 186 Å². The second kappa shape index (κ2) is 8.43. The van der Waals surface area contributed by atoms with Crippen LogP contribution in [-0.4, -0.2) is 54.2 Å². The number of nitrogens with zero attached hydrogens (tertiary/aromatic N) is 2. The van der Waals surface area contributed by atoms with Crippen molar-refractivity contribution in [3.63, 3.8) is 0 Å². The molecule has 1 unspecified atom stereocenters. The largest absolute Gasteiger partial charge is 0.344 e. The maximum Gasteiger partial charge on any atom is 0.344 e. The van der Waals surface area contributed by atoms with Crippen LogP contribution < -0.4 is 10.7 Å². The van der Waals surface area contributed by atoms with E-state index in [1.54, 1.807) is 0 Å². The standard InChI is InChI=1S/C21H27FN4O5S/c1-14-8-10-21(11-9-14)19(28)26(20(29)23-21)24-18(27)15-3-2-12-25(13-15)32(30,31)17-6-4-16(22)5-7-17/h4-7,14-15H,2-3,8-13H2,1H3,(H,23,29)(H,24,27). The van der Waals surface area contributed by atoms with Crippen molar-refractivity contribution in [3.8, 4) is 0 Å². The van der Waals surface area contributed by atoms with Crippen molar-refractivity contribution in [1.29, 1.82) is 0 Å². The molecule has 1 aromatic carbocycles. The number of urea groups is 1. The number of hydrogen-bond acceptors (Lipinski definition) is 5. The fourth-order valence-electron chi connectivity index (χ4n) is 4.65. The number of nitrogens with one attached hydrogen (secondary N) is 2. The summed E-state index contributed by atoms with van der Waals surface area (Å²) in [5.41, 5.74) is 1.44. The van der Waals surface area contributed by atoms with Crippen LogP contribution in [0.15, 0.2) is 29.2 Å². The van der Waals surface area contributed by atoms with Gasteiger partial charge in [0.1, 0.15) is 11.4 Å². The van der Waals surface area contributed by atoms with Crippen LogP contribution in [0.3, 0.4) is 0 Å². The molecule has 1 spiro atoms. The van der Waals surface area contributed by atoms with Crippen LogP contribution in [0.5, 0.6) is 0 Å². The summed E-state index contributed by atoms with van der Waals surface area (Å²) in [5.74, 6) is -1.82. The van der Waals surface area contributed by atoms with Gasteiger partial charge >= 0.3 is 6.03 Å². The first kappa shape index (κ1) is 22.7. The number of sulfonamides is 1. The van der Waals surface area contributed by atoms with Crippen LogP contribution >= 0.6 is 0 Å². The summed E-state index contributed by atoms with van der Waals surface area (Å²) in [6.07, 6.45) is 3.55. The molecule has 0 bridgehead atoms. The van der Waals surface area contributed by atoms with Crippen molar-refractivity contribution >= 4 is 27.9 Å². The van der Waals surface area contributed by atoms with Crippen LogP contribution in [0.2, 0.25) is 0 Å². The topological polar surface area (TPSA) is 116 Å². The minimum absolute atomic E-state index is 0.0532. The van der Waals surface area contributed by atoms with Gasteiger partial charge in [0.05, 0.1) is 10.8 Å². The molecule has 1 aliphatic carbocycles. The minimum Gasteiger partial charge on any atom is -0.322 e. The molecule has 174 valence electrons.